The fourth-order valence-corrected chi connectivity index (χ4v) is 1.41. The van der Waals surface area contributed by atoms with Crippen LogP contribution in [0.3, 0.4) is 0 Å². The SMILES string of the molecule is CCC(C)N1CCOC(C#N)C1. The third-order valence-corrected chi connectivity index (χ3v) is 2.46. The van der Waals surface area contributed by atoms with Gasteiger partial charge in [-0.2, -0.15) is 5.26 Å². The molecule has 0 radical (unpaired) electrons. The van der Waals surface area contributed by atoms with Crippen LogP contribution in [0.2, 0.25) is 0 Å². The molecule has 12 heavy (non-hydrogen) atoms. The van der Waals surface area contributed by atoms with Crippen molar-refractivity contribution in [2.24, 2.45) is 0 Å². The Morgan fingerprint density at radius 1 is 1.75 bits per heavy atom. The summed E-state index contributed by atoms with van der Waals surface area (Å²) in [5.74, 6) is 0. The molecule has 0 saturated carbocycles. The third-order valence-electron chi connectivity index (χ3n) is 2.46. The molecular formula is C9H16N2O. The summed E-state index contributed by atoms with van der Waals surface area (Å²) in [6, 6.07) is 2.72. The first-order valence-electron chi connectivity index (χ1n) is 4.53. The average Bonchev–Trinajstić information content (AvgIpc) is 2.17. The van der Waals surface area contributed by atoms with Crippen LogP contribution in [0.1, 0.15) is 20.3 Å². The first kappa shape index (κ1) is 9.50. The van der Waals surface area contributed by atoms with Gasteiger partial charge in [-0.3, -0.25) is 4.90 Å². The molecule has 1 heterocycles. The molecule has 2 unspecified atom stereocenters. The molecule has 1 aliphatic rings. The molecule has 1 rings (SSSR count). The lowest BCUT2D eigenvalue weighted by Crippen LogP contribution is -2.45. The maximum absolute atomic E-state index is 8.66. The Kier molecular flexibility index (Phi) is 3.51. The Hall–Kier alpha value is -0.590. The maximum Gasteiger partial charge on any atom is 0.156 e. The zero-order valence-electron chi connectivity index (χ0n) is 7.79. The van der Waals surface area contributed by atoms with Gasteiger partial charge in [0.05, 0.1) is 12.7 Å². The molecule has 0 amide bonds. The number of nitriles is 1. The van der Waals surface area contributed by atoms with E-state index < -0.39 is 0 Å². The van der Waals surface area contributed by atoms with E-state index >= 15 is 0 Å². The van der Waals surface area contributed by atoms with Gasteiger partial charge >= 0.3 is 0 Å². The van der Waals surface area contributed by atoms with Gasteiger partial charge in [-0.1, -0.05) is 6.92 Å². The van der Waals surface area contributed by atoms with Crippen molar-refractivity contribution in [2.75, 3.05) is 19.7 Å². The van der Waals surface area contributed by atoms with Gasteiger partial charge in [0.2, 0.25) is 0 Å². The van der Waals surface area contributed by atoms with Crippen LogP contribution in [0.4, 0.5) is 0 Å². The van der Waals surface area contributed by atoms with E-state index in [0.717, 1.165) is 19.5 Å². The molecule has 0 aromatic heterocycles. The van der Waals surface area contributed by atoms with E-state index in [-0.39, 0.29) is 6.10 Å². The van der Waals surface area contributed by atoms with Gasteiger partial charge in [0.15, 0.2) is 6.10 Å². The highest BCUT2D eigenvalue weighted by molar-refractivity contribution is 4.90. The second-order valence-electron chi connectivity index (χ2n) is 3.24. The van der Waals surface area contributed by atoms with Crippen molar-refractivity contribution in [3.63, 3.8) is 0 Å². The van der Waals surface area contributed by atoms with Gasteiger partial charge in [-0.25, -0.2) is 0 Å². The smallest absolute Gasteiger partial charge is 0.156 e. The molecule has 0 spiro atoms. The Labute approximate surface area is 73.9 Å². The molecule has 2 atom stereocenters. The van der Waals surface area contributed by atoms with Crippen LogP contribution in [0.5, 0.6) is 0 Å². The number of nitrogens with zero attached hydrogens (tertiary/aromatic N) is 2. The number of rotatable bonds is 2. The van der Waals surface area contributed by atoms with Gasteiger partial charge in [-0.15, -0.1) is 0 Å². The Morgan fingerprint density at radius 2 is 2.50 bits per heavy atom. The monoisotopic (exact) mass is 168 g/mol. The molecule has 0 bridgehead atoms. The lowest BCUT2D eigenvalue weighted by atomic mass is 10.2. The summed E-state index contributed by atoms with van der Waals surface area (Å²) in [5, 5.41) is 8.66. The Bertz CT molecular complexity index is 176. The highest BCUT2D eigenvalue weighted by atomic mass is 16.5. The van der Waals surface area contributed by atoms with Crippen molar-refractivity contribution < 1.29 is 4.74 Å². The van der Waals surface area contributed by atoms with Crippen LogP contribution in [0.15, 0.2) is 0 Å². The topological polar surface area (TPSA) is 36.3 Å². The largest absolute Gasteiger partial charge is 0.361 e. The summed E-state index contributed by atoms with van der Waals surface area (Å²) < 4.78 is 5.25. The van der Waals surface area contributed by atoms with Gasteiger partial charge in [0.25, 0.3) is 0 Å². The molecule has 1 saturated heterocycles. The van der Waals surface area contributed by atoms with Gasteiger partial charge in [-0.05, 0) is 13.3 Å². The first-order chi connectivity index (χ1) is 5.77. The van der Waals surface area contributed by atoms with Crippen LogP contribution in [-0.2, 0) is 4.74 Å². The van der Waals surface area contributed by atoms with Crippen molar-refractivity contribution in [3.8, 4) is 6.07 Å². The van der Waals surface area contributed by atoms with Crippen molar-refractivity contribution in [2.45, 2.75) is 32.4 Å². The molecule has 0 aromatic rings. The molecule has 0 aromatic carbocycles. The summed E-state index contributed by atoms with van der Waals surface area (Å²) in [7, 11) is 0. The summed E-state index contributed by atoms with van der Waals surface area (Å²) in [6.45, 7) is 6.79. The molecular weight excluding hydrogens is 152 g/mol. The Morgan fingerprint density at radius 3 is 3.08 bits per heavy atom. The minimum absolute atomic E-state index is 0.215. The molecule has 3 nitrogen and oxygen atoms in total. The minimum Gasteiger partial charge on any atom is -0.361 e. The summed E-state index contributed by atoms with van der Waals surface area (Å²) >= 11 is 0. The van der Waals surface area contributed by atoms with Crippen molar-refractivity contribution in [3.05, 3.63) is 0 Å². The van der Waals surface area contributed by atoms with Crippen LogP contribution in [-0.4, -0.2) is 36.7 Å². The summed E-state index contributed by atoms with van der Waals surface area (Å²) in [5.41, 5.74) is 0. The lowest BCUT2D eigenvalue weighted by Gasteiger charge is -2.33. The number of ether oxygens (including phenoxy) is 1. The predicted molar refractivity (Wildman–Crippen MR) is 46.7 cm³/mol. The van der Waals surface area contributed by atoms with Crippen molar-refractivity contribution >= 4 is 0 Å². The van der Waals surface area contributed by atoms with E-state index in [0.29, 0.717) is 12.6 Å². The van der Waals surface area contributed by atoms with Crippen molar-refractivity contribution in [1.82, 2.24) is 4.90 Å². The second-order valence-corrected chi connectivity index (χ2v) is 3.24. The van der Waals surface area contributed by atoms with E-state index in [9.17, 15) is 0 Å². The van der Waals surface area contributed by atoms with Crippen molar-refractivity contribution in [1.29, 1.82) is 5.26 Å². The number of morpholine rings is 1. The molecule has 0 N–H and O–H groups in total. The number of hydrogen-bond acceptors (Lipinski definition) is 3. The summed E-state index contributed by atoms with van der Waals surface area (Å²) in [4.78, 5) is 2.32. The Balaban J connectivity index is 2.41. The molecule has 68 valence electrons. The van der Waals surface area contributed by atoms with E-state index in [1.165, 1.54) is 0 Å². The zero-order valence-corrected chi connectivity index (χ0v) is 7.79. The lowest BCUT2D eigenvalue weighted by molar-refractivity contribution is -0.0145. The van der Waals surface area contributed by atoms with E-state index in [1.807, 2.05) is 0 Å². The van der Waals surface area contributed by atoms with Crippen LogP contribution < -0.4 is 0 Å². The quantitative estimate of drug-likeness (QED) is 0.617. The minimum atomic E-state index is -0.215. The van der Waals surface area contributed by atoms with E-state index in [4.69, 9.17) is 10.00 Å². The molecule has 1 aliphatic heterocycles. The van der Waals surface area contributed by atoms with Crippen LogP contribution in [0.25, 0.3) is 0 Å². The van der Waals surface area contributed by atoms with E-state index in [2.05, 4.69) is 24.8 Å². The van der Waals surface area contributed by atoms with Gasteiger partial charge in [0.1, 0.15) is 0 Å². The fraction of sp³-hybridized carbons (Fsp3) is 0.889. The molecule has 1 fully saturated rings. The normalized spacial score (nSPS) is 27.9. The molecule has 3 heteroatoms. The first-order valence-corrected chi connectivity index (χ1v) is 4.53. The molecule has 0 aliphatic carbocycles. The van der Waals surface area contributed by atoms with Gasteiger partial charge < -0.3 is 4.74 Å². The third kappa shape index (κ3) is 2.20. The van der Waals surface area contributed by atoms with Gasteiger partial charge in [0, 0.05) is 19.1 Å². The second kappa shape index (κ2) is 4.44. The van der Waals surface area contributed by atoms with E-state index in [1.54, 1.807) is 0 Å². The standard InChI is InChI=1S/C9H16N2O/c1-3-8(2)11-4-5-12-9(6-10)7-11/h8-9H,3-5,7H2,1-2H3. The number of hydrogen-bond donors (Lipinski definition) is 0. The maximum atomic E-state index is 8.66. The predicted octanol–water partition coefficient (Wildman–Crippen LogP) is 1.01. The highest BCUT2D eigenvalue weighted by Gasteiger charge is 2.22. The zero-order chi connectivity index (χ0) is 8.97. The van der Waals surface area contributed by atoms with Crippen LogP contribution >= 0.6 is 0 Å². The fourth-order valence-electron chi connectivity index (χ4n) is 1.41. The van der Waals surface area contributed by atoms with Crippen LogP contribution in [0, 0.1) is 11.3 Å². The summed E-state index contributed by atoms with van der Waals surface area (Å²) in [6.07, 6.45) is 0.922. The highest BCUT2D eigenvalue weighted by Crippen LogP contribution is 2.10. The average molecular weight is 168 g/mol.